The molecule has 0 aliphatic carbocycles. The van der Waals surface area contributed by atoms with Crippen LogP contribution in [0.15, 0.2) is 54.9 Å². The van der Waals surface area contributed by atoms with Crippen molar-refractivity contribution in [2.24, 2.45) is 0 Å². The molecule has 0 spiro atoms. The number of rotatable bonds is 5. The molecule has 0 radical (unpaired) electrons. The zero-order valence-electron chi connectivity index (χ0n) is 14.4. The normalized spacial score (nSPS) is 11.3. The van der Waals surface area contributed by atoms with Crippen molar-refractivity contribution in [3.8, 4) is 0 Å². The fourth-order valence-corrected chi connectivity index (χ4v) is 2.68. The number of halogens is 4. The van der Waals surface area contributed by atoms with Crippen molar-refractivity contribution in [2.45, 2.75) is 19.3 Å². The zero-order valence-corrected chi connectivity index (χ0v) is 15.9. The van der Waals surface area contributed by atoms with Gasteiger partial charge in [0.25, 0.3) is 0 Å². The van der Waals surface area contributed by atoms with Gasteiger partial charge >= 0.3 is 6.18 Å². The van der Waals surface area contributed by atoms with Crippen LogP contribution in [0.1, 0.15) is 16.7 Å². The molecule has 5 nitrogen and oxygen atoms in total. The minimum Gasteiger partial charge on any atom is -0.358 e. The minimum absolute atomic E-state index is 0.156. The largest absolute Gasteiger partial charge is 0.416 e. The molecule has 0 atom stereocenters. The SMILES string of the molecule is FC(F)(F)c1cccc(Cn2cnc(NC(=S)NCc3ccc(Cl)cc3)n2)c1. The molecule has 28 heavy (non-hydrogen) atoms. The van der Waals surface area contributed by atoms with Gasteiger partial charge in [-0.15, -0.1) is 5.10 Å². The van der Waals surface area contributed by atoms with Gasteiger partial charge in [-0.2, -0.15) is 13.2 Å². The maximum absolute atomic E-state index is 12.8. The zero-order chi connectivity index (χ0) is 20.1. The molecule has 0 bridgehead atoms. The van der Waals surface area contributed by atoms with Crippen molar-refractivity contribution in [1.82, 2.24) is 20.1 Å². The summed E-state index contributed by atoms with van der Waals surface area (Å²) in [5.41, 5.74) is 0.766. The van der Waals surface area contributed by atoms with Gasteiger partial charge in [0.05, 0.1) is 12.1 Å². The van der Waals surface area contributed by atoms with Gasteiger partial charge < -0.3 is 5.32 Å². The molecule has 0 fully saturated rings. The second-order valence-corrected chi connectivity index (χ2v) is 6.74. The third-order valence-corrected chi connectivity index (χ3v) is 4.23. The summed E-state index contributed by atoms with van der Waals surface area (Å²) in [6, 6.07) is 12.4. The second-order valence-electron chi connectivity index (χ2n) is 5.90. The monoisotopic (exact) mass is 425 g/mol. The number of hydrogen-bond acceptors (Lipinski definition) is 3. The summed E-state index contributed by atoms with van der Waals surface area (Å²) in [5, 5.41) is 11.0. The number of thiocarbonyl (C=S) groups is 1. The molecule has 2 N–H and O–H groups in total. The average molecular weight is 426 g/mol. The summed E-state index contributed by atoms with van der Waals surface area (Å²) in [7, 11) is 0. The van der Waals surface area contributed by atoms with Gasteiger partial charge in [0.1, 0.15) is 6.33 Å². The Morgan fingerprint density at radius 1 is 1.11 bits per heavy atom. The van der Waals surface area contributed by atoms with E-state index in [2.05, 4.69) is 20.7 Å². The second kappa shape index (κ2) is 8.57. The predicted octanol–water partition coefficient (Wildman–Crippen LogP) is 4.49. The molecule has 3 rings (SSSR count). The number of alkyl halides is 3. The summed E-state index contributed by atoms with van der Waals surface area (Å²) < 4.78 is 39.8. The van der Waals surface area contributed by atoms with Crippen molar-refractivity contribution in [3.05, 3.63) is 76.6 Å². The van der Waals surface area contributed by atoms with E-state index in [0.29, 0.717) is 22.2 Å². The summed E-state index contributed by atoms with van der Waals surface area (Å²) >= 11 is 11.0. The van der Waals surface area contributed by atoms with Crippen LogP contribution in [0, 0.1) is 0 Å². The smallest absolute Gasteiger partial charge is 0.358 e. The maximum Gasteiger partial charge on any atom is 0.416 e. The van der Waals surface area contributed by atoms with Crippen molar-refractivity contribution in [3.63, 3.8) is 0 Å². The third-order valence-electron chi connectivity index (χ3n) is 3.73. The van der Waals surface area contributed by atoms with Crippen molar-refractivity contribution < 1.29 is 13.2 Å². The molecule has 0 unspecified atom stereocenters. The first-order valence-corrected chi connectivity index (χ1v) is 8.93. The van der Waals surface area contributed by atoms with Crippen LogP contribution >= 0.6 is 23.8 Å². The van der Waals surface area contributed by atoms with Gasteiger partial charge in [0.2, 0.25) is 5.95 Å². The van der Waals surface area contributed by atoms with Crippen molar-refractivity contribution in [1.29, 1.82) is 0 Å². The van der Waals surface area contributed by atoms with Crippen LogP contribution in [-0.2, 0) is 19.3 Å². The van der Waals surface area contributed by atoms with Gasteiger partial charge in [-0.25, -0.2) is 9.67 Å². The standard InChI is InChI=1S/C18H15ClF3N5S/c19-15-6-4-12(5-7-15)9-23-17(28)25-16-24-11-27(26-16)10-13-2-1-3-14(8-13)18(20,21)22/h1-8,11H,9-10H2,(H2,23,25,26,28). The third kappa shape index (κ3) is 5.67. The Kier molecular flexibility index (Phi) is 6.15. The van der Waals surface area contributed by atoms with Crippen molar-refractivity contribution in [2.75, 3.05) is 5.32 Å². The maximum atomic E-state index is 12.8. The molecule has 0 aliphatic rings. The molecule has 10 heteroatoms. The molecule has 0 saturated carbocycles. The first-order chi connectivity index (χ1) is 13.3. The molecule has 0 aliphatic heterocycles. The van der Waals surface area contributed by atoms with E-state index in [-0.39, 0.29) is 12.5 Å². The van der Waals surface area contributed by atoms with Gasteiger partial charge in [-0.05, 0) is 47.6 Å². The first-order valence-electron chi connectivity index (χ1n) is 8.14. The Bertz CT molecular complexity index is 956. The van der Waals surface area contributed by atoms with E-state index < -0.39 is 11.7 Å². The minimum atomic E-state index is -4.38. The van der Waals surface area contributed by atoms with Crippen LogP contribution in [0.25, 0.3) is 0 Å². The lowest BCUT2D eigenvalue weighted by molar-refractivity contribution is -0.137. The predicted molar refractivity (Wildman–Crippen MR) is 105 cm³/mol. The number of aromatic nitrogens is 3. The quantitative estimate of drug-likeness (QED) is 0.590. The highest BCUT2D eigenvalue weighted by Crippen LogP contribution is 2.29. The van der Waals surface area contributed by atoms with Crippen molar-refractivity contribution >= 4 is 34.9 Å². The fraction of sp³-hybridized carbons (Fsp3) is 0.167. The number of hydrogen-bond donors (Lipinski definition) is 2. The van der Waals surface area contributed by atoms with Crippen LogP contribution in [-0.4, -0.2) is 19.9 Å². The molecule has 0 saturated heterocycles. The Labute approximate surface area is 169 Å². The molecular weight excluding hydrogens is 411 g/mol. The van der Waals surface area contributed by atoms with Crippen LogP contribution in [0.4, 0.5) is 19.1 Å². The Balaban J connectivity index is 1.55. The Morgan fingerprint density at radius 2 is 1.86 bits per heavy atom. The summed E-state index contributed by atoms with van der Waals surface area (Å²) in [6.07, 6.45) is -2.96. The topological polar surface area (TPSA) is 54.8 Å². The molecule has 2 aromatic carbocycles. The van der Waals surface area contributed by atoms with E-state index >= 15 is 0 Å². The fourth-order valence-electron chi connectivity index (χ4n) is 2.39. The highest BCUT2D eigenvalue weighted by molar-refractivity contribution is 7.80. The van der Waals surface area contributed by atoms with E-state index in [9.17, 15) is 13.2 Å². The molecule has 146 valence electrons. The molecule has 0 amide bonds. The van der Waals surface area contributed by atoms with Crippen LogP contribution in [0.2, 0.25) is 5.02 Å². The molecular formula is C18H15ClF3N5S. The lowest BCUT2D eigenvalue weighted by Crippen LogP contribution is -2.28. The van der Waals surface area contributed by atoms with E-state index in [1.165, 1.54) is 17.1 Å². The molecule has 1 heterocycles. The van der Waals surface area contributed by atoms with Gasteiger partial charge in [-0.1, -0.05) is 35.9 Å². The summed E-state index contributed by atoms with van der Waals surface area (Å²) in [5.74, 6) is 0.251. The number of anilines is 1. The Hall–Kier alpha value is -2.65. The average Bonchev–Trinajstić information content (AvgIpc) is 3.07. The van der Waals surface area contributed by atoms with E-state index in [4.69, 9.17) is 23.8 Å². The lowest BCUT2D eigenvalue weighted by Gasteiger charge is -2.09. The number of benzene rings is 2. The van der Waals surface area contributed by atoms with E-state index in [1.54, 1.807) is 18.2 Å². The Morgan fingerprint density at radius 3 is 2.57 bits per heavy atom. The number of nitrogens with one attached hydrogen (secondary N) is 2. The highest BCUT2D eigenvalue weighted by atomic mass is 35.5. The molecule has 1 aromatic heterocycles. The van der Waals surface area contributed by atoms with E-state index in [0.717, 1.165) is 17.7 Å². The van der Waals surface area contributed by atoms with Crippen LogP contribution < -0.4 is 10.6 Å². The van der Waals surface area contributed by atoms with Crippen LogP contribution in [0.5, 0.6) is 0 Å². The van der Waals surface area contributed by atoms with Gasteiger partial charge in [0, 0.05) is 11.6 Å². The summed E-state index contributed by atoms with van der Waals surface area (Å²) in [4.78, 5) is 4.06. The van der Waals surface area contributed by atoms with E-state index in [1.807, 2.05) is 12.1 Å². The van der Waals surface area contributed by atoms with Crippen LogP contribution in [0.3, 0.4) is 0 Å². The number of nitrogens with zero attached hydrogens (tertiary/aromatic N) is 3. The first kappa shape index (κ1) is 20.1. The molecule has 3 aromatic rings. The van der Waals surface area contributed by atoms with Gasteiger partial charge in [-0.3, -0.25) is 5.32 Å². The lowest BCUT2D eigenvalue weighted by atomic mass is 10.1. The summed E-state index contributed by atoms with van der Waals surface area (Å²) in [6.45, 7) is 0.650. The highest BCUT2D eigenvalue weighted by Gasteiger charge is 2.30. The van der Waals surface area contributed by atoms with Gasteiger partial charge in [0.15, 0.2) is 5.11 Å².